The highest BCUT2D eigenvalue weighted by molar-refractivity contribution is 5.92. The molecule has 0 saturated carbocycles. The van der Waals surface area contributed by atoms with E-state index >= 15 is 0 Å². The van der Waals surface area contributed by atoms with Gasteiger partial charge in [0, 0.05) is 43.4 Å². The summed E-state index contributed by atoms with van der Waals surface area (Å²) < 4.78 is 11.2. The third kappa shape index (κ3) is 3.44. The molecule has 3 atom stereocenters. The Balaban J connectivity index is 1.54. The molecule has 0 aromatic heterocycles. The van der Waals surface area contributed by atoms with E-state index in [1.807, 2.05) is 19.1 Å². The number of benzene rings is 2. The van der Waals surface area contributed by atoms with Crippen molar-refractivity contribution in [3.8, 4) is 22.6 Å². The summed E-state index contributed by atoms with van der Waals surface area (Å²) in [5, 5.41) is 23.0. The van der Waals surface area contributed by atoms with Crippen molar-refractivity contribution >= 4 is 11.3 Å². The second-order valence-electron chi connectivity index (χ2n) is 11.5. The topological polar surface area (TPSA) is 88.2 Å². The Hall–Kier alpha value is -3.90. The highest BCUT2D eigenvalue weighted by atomic mass is 16.7. The molecule has 2 aromatic carbocycles. The van der Waals surface area contributed by atoms with E-state index in [0.29, 0.717) is 24.0 Å². The first-order chi connectivity index (χ1) is 18.4. The third-order valence-corrected chi connectivity index (χ3v) is 9.27. The summed E-state index contributed by atoms with van der Waals surface area (Å²) in [6.45, 7) is 17.1. The summed E-state index contributed by atoms with van der Waals surface area (Å²) in [6.07, 6.45) is 1.88. The number of nitrogens with zero attached hydrogens (tertiary/aromatic N) is 1. The fourth-order valence-corrected chi connectivity index (χ4v) is 7.47. The van der Waals surface area contributed by atoms with Crippen molar-refractivity contribution in [3.63, 3.8) is 0 Å². The quantitative estimate of drug-likeness (QED) is 0.460. The molecule has 3 aliphatic carbocycles. The van der Waals surface area contributed by atoms with Crippen LogP contribution in [-0.2, 0) is 6.42 Å². The zero-order valence-corrected chi connectivity index (χ0v) is 23.1. The molecule has 1 heterocycles. The van der Waals surface area contributed by atoms with Gasteiger partial charge >= 0.3 is 0 Å². The molecule has 1 unspecified atom stereocenters. The van der Waals surface area contributed by atoms with Gasteiger partial charge in [0.2, 0.25) is 6.79 Å². The molecule has 0 fully saturated rings. The number of allylic oxidation sites excluding steroid dienone is 4. The number of aliphatic hydroxyl groups excluding tert-OH is 1. The lowest BCUT2D eigenvalue weighted by Gasteiger charge is -2.51. The van der Waals surface area contributed by atoms with Gasteiger partial charge in [0.25, 0.3) is 0 Å². The summed E-state index contributed by atoms with van der Waals surface area (Å²) in [5.41, 5.74) is 15.5. The summed E-state index contributed by atoms with van der Waals surface area (Å²) in [5.74, 6) is 1.64. The van der Waals surface area contributed by atoms with Gasteiger partial charge in [0.05, 0.1) is 0 Å². The third-order valence-electron chi connectivity index (χ3n) is 9.27. The summed E-state index contributed by atoms with van der Waals surface area (Å²) in [4.78, 5) is 2.17. The largest absolute Gasteiger partial charge is 0.512 e. The second-order valence-corrected chi connectivity index (χ2v) is 11.5. The summed E-state index contributed by atoms with van der Waals surface area (Å²) >= 11 is 0. The van der Waals surface area contributed by atoms with Gasteiger partial charge in [-0.2, -0.15) is 0 Å². The van der Waals surface area contributed by atoms with E-state index in [1.165, 1.54) is 5.56 Å². The first-order valence-electron chi connectivity index (χ1n) is 13.4. The maximum atomic E-state index is 12.2. The van der Waals surface area contributed by atoms with Crippen molar-refractivity contribution in [1.82, 2.24) is 0 Å². The molecule has 4 aliphatic rings. The zero-order valence-electron chi connectivity index (χ0n) is 23.1. The Kier molecular flexibility index (Phi) is 5.57. The van der Waals surface area contributed by atoms with Gasteiger partial charge in [-0.3, -0.25) is 0 Å². The van der Waals surface area contributed by atoms with Crippen molar-refractivity contribution in [2.45, 2.75) is 38.7 Å². The predicted octanol–water partition coefficient (Wildman–Crippen LogP) is 5.95. The lowest BCUT2D eigenvalue weighted by atomic mass is 9.56. The van der Waals surface area contributed by atoms with E-state index in [9.17, 15) is 10.2 Å². The molecule has 0 amide bonds. The van der Waals surface area contributed by atoms with Crippen molar-refractivity contribution in [3.05, 3.63) is 94.4 Å². The highest BCUT2D eigenvalue weighted by Crippen LogP contribution is 2.58. The van der Waals surface area contributed by atoms with Crippen LogP contribution in [0.4, 0.5) is 5.69 Å². The zero-order chi connectivity index (χ0) is 28.0. The molecular weight excluding hydrogens is 488 g/mol. The molecule has 6 nitrogen and oxygen atoms in total. The van der Waals surface area contributed by atoms with Crippen LogP contribution in [0.1, 0.15) is 36.5 Å². The lowest BCUT2D eigenvalue weighted by Crippen LogP contribution is -2.50. The first-order valence-corrected chi connectivity index (χ1v) is 13.4. The molecule has 4 N–H and O–H groups in total. The average molecular weight is 525 g/mol. The molecule has 0 saturated heterocycles. The molecule has 0 spiro atoms. The minimum atomic E-state index is -1.32. The van der Waals surface area contributed by atoms with Crippen LogP contribution in [-0.4, -0.2) is 36.7 Å². The monoisotopic (exact) mass is 524 g/mol. The van der Waals surface area contributed by atoms with E-state index in [1.54, 1.807) is 0 Å². The van der Waals surface area contributed by atoms with Gasteiger partial charge in [-0.15, -0.1) is 0 Å². The molecule has 39 heavy (non-hydrogen) atoms. The fraction of sp³-hybridized carbons (Fsp3) is 0.333. The number of aliphatic hydroxyl groups is 2. The SMILES string of the molecule is C=C(N)C1=C(O)CC2C[C@@H]3Cc4c(N(C)C)cc(-c5ccc6c(c5)OCO6)c(C)c4C(=C)C3=C(C)[C@]2(O)C1=C. The van der Waals surface area contributed by atoms with Gasteiger partial charge in [0.1, 0.15) is 11.4 Å². The molecule has 202 valence electrons. The van der Waals surface area contributed by atoms with E-state index in [2.05, 4.69) is 57.8 Å². The molecule has 2 aromatic rings. The van der Waals surface area contributed by atoms with Crippen LogP contribution in [0.25, 0.3) is 16.7 Å². The average Bonchev–Trinajstić information content (AvgIpc) is 3.34. The number of fused-ring (bicyclic) bond motifs is 4. The number of rotatable bonds is 3. The molecule has 0 radical (unpaired) electrons. The highest BCUT2D eigenvalue weighted by Gasteiger charge is 2.53. The Labute approximate surface area is 230 Å². The summed E-state index contributed by atoms with van der Waals surface area (Å²) in [7, 11) is 4.14. The fourth-order valence-electron chi connectivity index (χ4n) is 7.47. The number of ether oxygens (including phenoxy) is 2. The van der Waals surface area contributed by atoms with Gasteiger partial charge in [-0.05, 0) is 101 Å². The van der Waals surface area contributed by atoms with E-state index in [-0.39, 0.29) is 30.1 Å². The van der Waals surface area contributed by atoms with Gasteiger partial charge in [-0.1, -0.05) is 25.8 Å². The summed E-state index contributed by atoms with van der Waals surface area (Å²) in [6, 6.07) is 8.33. The lowest BCUT2D eigenvalue weighted by molar-refractivity contribution is 0.0206. The van der Waals surface area contributed by atoms with Crippen molar-refractivity contribution < 1.29 is 19.7 Å². The number of nitrogens with two attached hydrogens (primary N) is 1. The normalized spacial score (nSPS) is 25.4. The van der Waals surface area contributed by atoms with Crippen LogP contribution < -0.4 is 20.1 Å². The van der Waals surface area contributed by atoms with Crippen LogP contribution in [0.5, 0.6) is 11.5 Å². The predicted molar refractivity (Wildman–Crippen MR) is 156 cm³/mol. The van der Waals surface area contributed by atoms with E-state index < -0.39 is 5.60 Å². The number of hydrogen-bond donors (Lipinski definition) is 3. The standard InChI is InChI=1S/C33H36N2O4/c1-16-24(21-8-9-28-29(12-21)39-15-38-28)14-26(35(6)7)25-11-22-10-23-13-27(36)32(20(5)34)19(4)33(23,37)18(3)31(22)17(2)30(16)25/h8-9,12,14,22-23,36-37H,2,4-5,10-11,13,15,34H2,1,3,6-7H3/t22-,23?,33+/m1/s1. The molecule has 6 heteroatoms. The second kappa shape index (κ2) is 8.55. The van der Waals surface area contributed by atoms with Crippen LogP contribution in [0.2, 0.25) is 0 Å². The van der Waals surface area contributed by atoms with Crippen LogP contribution >= 0.6 is 0 Å². The van der Waals surface area contributed by atoms with E-state index in [0.717, 1.165) is 62.6 Å². The van der Waals surface area contributed by atoms with E-state index in [4.69, 9.17) is 15.2 Å². The van der Waals surface area contributed by atoms with Crippen LogP contribution in [0, 0.1) is 18.8 Å². The Bertz CT molecular complexity index is 1560. The van der Waals surface area contributed by atoms with Gasteiger partial charge in [-0.25, -0.2) is 0 Å². The molecular formula is C33H36N2O4. The van der Waals surface area contributed by atoms with Crippen molar-refractivity contribution in [1.29, 1.82) is 0 Å². The number of anilines is 1. The minimum absolute atomic E-state index is 0.159. The Morgan fingerprint density at radius 3 is 2.51 bits per heavy atom. The Morgan fingerprint density at radius 1 is 1.10 bits per heavy atom. The maximum Gasteiger partial charge on any atom is 0.231 e. The minimum Gasteiger partial charge on any atom is -0.512 e. The maximum absolute atomic E-state index is 12.2. The molecule has 1 aliphatic heterocycles. The number of hydrogen-bond acceptors (Lipinski definition) is 6. The van der Waals surface area contributed by atoms with Crippen molar-refractivity contribution in [2.24, 2.45) is 17.6 Å². The van der Waals surface area contributed by atoms with Crippen LogP contribution in [0.15, 0.2) is 77.8 Å². The van der Waals surface area contributed by atoms with Gasteiger partial charge < -0.3 is 30.3 Å². The Morgan fingerprint density at radius 2 is 1.82 bits per heavy atom. The first kappa shape index (κ1) is 25.4. The van der Waals surface area contributed by atoms with Crippen LogP contribution in [0.3, 0.4) is 0 Å². The molecule has 0 bridgehead atoms. The van der Waals surface area contributed by atoms with Gasteiger partial charge in [0.15, 0.2) is 11.5 Å². The smallest absolute Gasteiger partial charge is 0.231 e. The van der Waals surface area contributed by atoms with Crippen molar-refractivity contribution in [2.75, 3.05) is 25.8 Å². The molecule has 6 rings (SSSR count).